The lowest BCUT2D eigenvalue weighted by atomic mass is 10.1. The van der Waals surface area contributed by atoms with E-state index in [1.54, 1.807) is 23.5 Å². The molecule has 3 rings (SSSR count). The molecule has 0 radical (unpaired) electrons. The molecule has 0 amide bonds. The van der Waals surface area contributed by atoms with Crippen LogP contribution in [0.15, 0.2) is 66.0 Å². The number of rotatable bonds is 6. The molecule has 0 spiro atoms. The Bertz CT molecular complexity index is 830. The van der Waals surface area contributed by atoms with Gasteiger partial charge in [-0.3, -0.25) is 10.1 Å². The first-order valence-electron chi connectivity index (χ1n) is 7.74. The zero-order chi connectivity index (χ0) is 16.9. The van der Waals surface area contributed by atoms with Crippen LogP contribution < -0.4 is 5.32 Å². The fourth-order valence-corrected chi connectivity index (χ4v) is 3.48. The summed E-state index contributed by atoms with van der Waals surface area (Å²) < 4.78 is 0. The second-order valence-electron chi connectivity index (χ2n) is 5.58. The Hall–Kier alpha value is -2.50. The molecule has 1 aromatic heterocycles. The predicted octanol–water partition coefficient (Wildman–Crippen LogP) is 5.17. The van der Waals surface area contributed by atoms with Gasteiger partial charge in [0, 0.05) is 29.6 Å². The normalized spacial score (nSPS) is 12.0. The van der Waals surface area contributed by atoms with Crippen molar-refractivity contribution in [3.05, 3.63) is 86.6 Å². The number of non-ortho nitro benzene ring substituents is 1. The van der Waals surface area contributed by atoms with Crippen molar-refractivity contribution in [1.82, 2.24) is 5.32 Å². The van der Waals surface area contributed by atoms with Gasteiger partial charge in [-0.05, 0) is 35.1 Å². The minimum atomic E-state index is -0.356. The van der Waals surface area contributed by atoms with Gasteiger partial charge in [-0.2, -0.15) is 0 Å². The number of hydrogen-bond donors (Lipinski definition) is 1. The number of thiophene rings is 1. The van der Waals surface area contributed by atoms with Gasteiger partial charge in [0.2, 0.25) is 0 Å². The van der Waals surface area contributed by atoms with E-state index in [-0.39, 0.29) is 16.7 Å². The topological polar surface area (TPSA) is 55.2 Å². The fourth-order valence-electron chi connectivity index (χ4n) is 2.63. The average Bonchev–Trinajstić information content (AvgIpc) is 3.09. The lowest BCUT2D eigenvalue weighted by molar-refractivity contribution is -0.384. The minimum Gasteiger partial charge on any atom is -0.305 e. The van der Waals surface area contributed by atoms with Gasteiger partial charge in [-0.1, -0.05) is 42.5 Å². The van der Waals surface area contributed by atoms with E-state index >= 15 is 0 Å². The summed E-state index contributed by atoms with van der Waals surface area (Å²) in [6.45, 7) is 2.86. The van der Waals surface area contributed by atoms with Gasteiger partial charge >= 0.3 is 0 Å². The molecule has 122 valence electrons. The first-order valence-corrected chi connectivity index (χ1v) is 8.62. The number of nitro groups is 1. The molecule has 1 heterocycles. The van der Waals surface area contributed by atoms with Crippen molar-refractivity contribution in [3.8, 4) is 11.1 Å². The molecule has 0 aliphatic rings. The van der Waals surface area contributed by atoms with E-state index in [4.69, 9.17) is 0 Å². The Kier molecular flexibility index (Phi) is 5.03. The summed E-state index contributed by atoms with van der Waals surface area (Å²) in [5.74, 6) is 0. The third-order valence-corrected chi connectivity index (χ3v) is 4.90. The molecule has 2 aromatic carbocycles. The first kappa shape index (κ1) is 16.4. The van der Waals surface area contributed by atoms with Crippen LogP contribution in [-0.2, 0) is 6.54 Å². The summed E-state index contributed by atoms with van der Waals surface area (Å²) in [6, 6.07) is 19.3. The van der Waals surface area contributed by atoms with Crippen LogP contribution in [0.25, 0.3) is 11.1 Å². The van der Waals surface area contributed by atoms with Gasteiger partial charge in [-0.15, -0.1) is 11.3 Å². The van der Waals surface area contributed by atoms with Crippen molar-refractivity contribution in [2.45, 2.75) is 19.5 Å². The highest BCUT2D eigenvalue weighted by molar-refractivity contribution is 7.10. The van der Waals surface area contributed by atoms with Crippen molar-refractivity contribution in [1.29, 1.82) is 0 Å². The zero-order valence-corrected chi connectivity index (χ0v) is 14.1. The Balaban J connectivity index is 1.76. The van der Waals surface area contributed by atoms with Gasteiger partial charge in [0.05, 0.1) is 4.92 Å². The largest absolute Gasteiger partial charge is 0.305 e. The van der Waals surface area contributed by atoms with E-state index in [0.29, 0.717) is 0 Å². The van der Waals surface area contributed by atoms with Crippen molar-refractivity contribution in [3.63, 3.8) is 0 Å². The third kappa shape index (κ3) is 3.69. The summed E-state index contributed by atoms with van der Waals surface area (Å²) in [7, 11) is 0. The molecule has 0 saturated carbocycles. The molecule has 0 saturated heterocycles. The monoisotopic (exact) mass is 338 g/mol. The van der Waals surface area contributed by atoms with Crippen LogP contribution in [0.1, 0.15) is 23.4 Å². The van der Waals surface area contributed by atoms with Crippen LogP contribution in [0.5, 0.6) is 0 Å². The molecule has 0 unspecified atom stereocenters. The molecule has 3 aromatic rings. The Morgan fingerprint density at radius 1 is 1.12 bits per heavy atom. The first-order chi connectivity index (χ1) is 11.6. The fraction of sp³-hybridized carbons (Fsp3) is 0.158. The maximum Gasteiger partial charge on any atom is 0.270 e. The van der Waals surface area contributed by atoms with E-state index in [1.807, 2.05) is 35.7 Å². The molecule has 1 atom stereocenters. The Morgan fingerprint density at radius 3 is 2.67 bits per heavy atom. The van der Waals surface area contributed by atoms with E-state index in [2.05, 4.69) is 24.4 Å². The minimum absolute atomic E-state index is 0.121. The van der Waals surface area contributed by atoms with Crippen molar-refractivity contribution in [2.75, 3.05) is 0 Å². The smallest absolute Gasteiger partial charge is 0.270 e. The summed E-state index contributed by atoms with van der Waals surface area (Å²) in [6.07, 6.45) is 0. The highest BCUT2D eigenvalue weighted by Gasteiger charge is 2.12. The standard InChI is InChI=1S/C19H18N2O2S/c1-14(15-6-3-2-4-7-15)20-13-19-18(10-11-24-19)16-8-5-9-17(12-16)21(22)23/h2-12,14,20H,13H2,1H3/t14-/m0/s1. The maximum absolute atomic E-state index is 11.0. The number of hydrogen-bond acceptors (Lipinski definition) is 4. The van der Waals surface area contributed by atoms with Crippen LogP contribution in [0, 0.1) is 10.1 Å². The number of nitrogens with one attached hydrogen (secondary N) is 1. The second-order valence-corrected chi connectivity index (χ2v) is 6.58. The van der Waals surface area contributed by atoms with Crippen molar-refractivity contribution < 1.29 is 4.92 Å². The third-order valence-electron chi connectivity index (χ3n) is 3.98. The number of nitrogens with zero attached hydrogens (tertiary/aromatic N) is 1. The maximum atomic E-state index is 11.0. The molecule has 4 nitrogen and oxygen atoms in total. The molecule has 5 heteroatoms. The van der Waals surface area contributed by atoms with Crippen LogP contribution in [0.2, 0.25) is 0 Å². The average molecular weight is 338 g/mol. The predicted molar refractivity (Wildman–Crippen MR) is 98.1 cm³/mol. The van der Waals surface area contributed by atoms with E-state index in [0.717, 1.165) is 17.7 Å². The second kappa shape index (κ2) is 7.38. The van der Waals surface area contributed by atoms with Crippen molar-refractivity contribution in [2.24, 2.45) is 0 Å². The lowest BCUT2D eigenvalue weighted by Gasteiger charge is -2.14. The van der Waals surface area contributed by atoms with Gasteiger partial charge in [-0.25, -0.2) is 0 Å². The lowest BCUT2D eigenvalue weighted by Crippen LogP contribution is -2.17. The van der Waals surface area contributed by atoms with Gasteiger partial charge in [0.15, 0.2) is 0 Å². The van der Waals surface area contributed by atoms with Crippen molar-refractivity contribution >= 4 is 17.0 Å². The summed E-state index contributed by atoms with van der Waals surface area (Å²) in [5.41, 5.74) is 3.30. The SMILES string of the molecule is C[C@H](NCc1sccc1-c1cccc([N+](=O)[O-])c1)c1ccccc1. The highest BCUT2D eigenvalue weighted by Crippen LogP contribution is 2.31. The molecule has 1 N–H and O–H groups in total. The molecular weight excluding hydrogens is 320 g/mol. The van der Waals surface area contributed by atoms with Gasteiger partial charge in [0.1, 0.15) is 0 Å². The molecule has 0 aliphatic carbocycles. The van der Waals surface area contributed by atoms with Crippen LogP contribution in [0.3, 0.4) is 0 Å². The van der Waals surface area contributed by atoms with E-state index < -0.39 is 0 Å². The molecule has 24 heavy (non-hydrogen) atoms. The summed E-state index contributed by atoms with van der Waals surface area (Å²) >= 11 is 1.66. The number of benzene rings is 2. The van der Waals surface area contributed by atoms with E-state index in [1.165, 1.54) is 16.5 Å². The van der Waals surface area contributed by atoms with Crippen LogP contribution in [0.4, 0.5) is 5.69 Å². The van der Waals surface area contributed by atoms with Gasteiger partial charge in [0.25, 0.3) is 5.69 Å². The Labute approximate surface area is 144 Å². The number of nitro benzene ring substituents is 1. The zero-order valence-electron chi connectivity index (χ0n) is 13.3. The Morgan fingerprint density at radius 2 is 1.92 bits per heavy atom. The quantitative estimate of drug-likeness (QED) is 0.498. The van der Waals surface area contributed by atoms with E-state index in [9.17, 15) is 10.1 Å². The highest BCUT2D eigenvalue weighted by atomic mass is 32.1. The van der Waals surface area contributed by atoms with Crippen LogP contribution in [-0.4, -0.2) is 4.92 Å². The molecule has 0 bridgehead atoms. The van der Waals surface area contributed by atoms with Crippen LogP contribution >= 0.6 is 11.3 Å². The molecule has 0 aliphatic heterocycles. The molecular formula is C19H18N2O2S. The van der Waals surface area contributed by atoms with Gasteiger partial charge < -0.3 is 5.32 Å². The summed E-state index contributed by atoms with van der Waals surface area (Å²) in [4.78, 5) is 11.8. The summed E-state index contributed by atoms with van der Waals surface area (Å²) in [5, 5.41) is 16.5. The molecule has 0 fully saturated rings.